The van der Waals surface area contributed by atoms with Crippen molar-refractivity contribution >= 4 is 11.6 Å². The van der Waals surface area contributed by atoms with Gasteiger partial charge in [-0.3, -0.25) is 4.79 Å². The molecule has 1 amide bonds. The summed E-state index contributed by atoms with van der Waals surface area (Å²) in [7, 11) is 0. The molecule has 0 aromatic heterocycles. The molecule has 0 saturated carbocycles. The highest BCUT2D eigenvalue weighted by Gasteiger charge is 2.30. The molecular weight excluding hydrogens is 336 g/mol. The van der Waals surface area contributed by atoms with Gasteiger partial charge in [-0.1, -0.05) is 42.5 Å². The molecule has 4 nitrogen and oxygen atoms in total. The summed E-state index contributed by atoms with van der Waals surface area (Å²) in [6.07, 6.45) is 3.51. The molecule has 1 atom stereocenters. The summed E-state index contributed by atoms with van der Waals surface area (Å²) in [6, 6.07) is 18.3. The van der Waals surface area contributed by atoms with E-state index in [1.165, 1.54) is 23.3 Å². The third-order valence-corrected chi connectivity index (χ3v) is 5.57. The lowest BCUT2D eigenvalue weighted by molar-refractivity contribution is -0.919. The van der Waals surface area contributed by atoms with Crippen LogP contribution in [0.25, 0.3) is 0 Å². The van der Waals surface area contributed by atoms with Gasteiger partial charge in [0.15, 0.2) is 6.04 Å². The van der Waals surface area contributed by atoms with E-state index in [4.69, 9.17) is 4.74 Å². The number of para-hydroxylation sites is 2. The molecule has 0 radical (unpaired) electrons. The summed E-state index contributed by atoms with van der Waals surface area (Å²) in [5, 5.41) is 3.06. The van der Waals surface area contributed by atoms with Crippen molar-refractivity contribution in [2.45, 2.75) is 39.2 Å². The van der Waals surface area contributed by atoms with Crippen LogP contribution in [0.3, 0.4) is 0 Å². The van der Waals surface area contributed by atoms with Gasteiger partial charge in [0.2, 0.25) is 0 Å². The van der Waals surface area contributed by atoms with Gasteiger partial charge in [0.1, 0.15) is 5.75 Å². The molecule has 0 bridgehead atoms. The maximum absolute atomic E-state index is 12.8. The Labute approximate surface area is 162 Å². The van der Waals surface area contributed by atoms with E-state index in [1.807, 2.05) is 38.1 Å². The van der Waals surface area contributed by atoms with Gasteiger partial charge in [-0.25, -0.2) is 0 Å². The summed E-state index contributed by atoms with van der Waals surface area (Å²) in [5.74, 6) is 1.53. The molecule has 144 valence electrons. The minimum atomic E-state index is -0.0580. The van der Waals surface area contributed by atoms with Gasteiger partial charge in [0.25, 0.3) is 5.91 Å². The molecule has 1 fully saturated rings. The minimum absolute atomic E-state index is 0.0580. The van der Waals surface area contributed by atoms with Crippen LogP contribution in [-0.4, -0.2) is 31.6 Å². The third kappa shape index (κ3) is 5.33. The molecule has 1 saturated heterocycles. The first kappa shape index (κ1) is 19.4. The van der Waals surface area contributed by atoms with Crippen LogP contribution in [0.2, 0.25) is 0 Å². The van der Waals surface area contributed by atoms with Crippen LogP contribution >= 0.6 is 0 Å². The Morgan fingerprint density at radius 2 is 1.78 bits per heavy atom. The molecule has 27 heavy (non-hydrogen) atoms. The van der Waals surface area contributed by atoms with Gasteiger partial charge < -0.3 is 15.0 Å². The number of carbonyl (C=O) groups is 1. The van der Waals surface area contributed by atoms with Crippen molar-refractivity contribution in [3.63, 3.8) is 0 Å². The van der Waals surface area contributed by atoms with Crippen LogP contribution in [-0.2, 0) is 11.2 Å². The van der Waals surface area contributed by atoms with Crippen LogP contribution in [0.4, 0.5) is 5.69 Å². The highest BCUT2D eigenvalue weighted by molar-refractivity contribution is 5.94. The average Bonchev–Trinajstić information content (AvgIpc) is 2.70. The predicted molar refractivity (Wildman–Crippen MR) is 109 cm³/mol. The van der Waals surface area contributed by atoms with Crippen molar-refractivity contribution in [1.29, 1.82) is 0 Å². The smallest absolute Gasteiger partial charge is 0.282 e. The van der Waals surface area contributed by atoms with Crippen molar-refractivity contribution in [3.8, 4) is 5.75 Å². The second-order valence-corrected chi connectivity index (χ2v) is 7.43. The van der Waals surface area contributed by atoms with E-state index in [9.17, 15) is 4.79 Å². The zero-order valence-electron chi connectivity index (χ0n) is 16.4. The fourth-order valence-electron chi connectivity index (χ4n) is 3.91. The lowest BCUT2D eigenvalue weighted by atomic mass is 9.89. The Morgan fingerprint density at radius 3 is 2.48 bits per heavy atom. The molecular formula is C23H31N2O2+. The zero-order chi connectivity index (χ0) is 19.1. The second-order valence-electron chi connectivity index (χ2n) is 7.43. The van der Waals surface area contributed by atoms with Crippen LogP contribution < -0.4 is 15.0 Å². The molecule has 0 spiro atoms. The number of benzene rings is 2. The van der Waals surface area contributed by atoms with Crippen molar-refractivity contribution in [2.75, 3.05) is 25.0 Å². The molecule has 1 aliphatic rings. The number of likely N-dealkylation sites (tertiary alicyclic amines) is 1. The van der Waals surface area contributed by atoms with Gasteiger partial charge in [-0.2, -0.15) is 0 Å². The number of hydrogen-bond acceptors (Lipinski definition) is 2. The number of carbonyl (C=O) groups excluding carboxylic acids is 1. The van der Waals surface area contributed by atoms with E-state index in [0.29, 0.717) is 6.61 Å². The fraction of sp³-hybridized carbons (Fsp3) is 0.435. The standard InChI is InChI=1S/C23H30N2O2/c1-3-27-22-12-8-7-11-21(22)24-23(26)18(2)25-15-13-20(14-16-25)17-19-9-5-4-6-10-19/h4-12,18,20H,3,13-17H2,1-2H3,(H,24,26)/p+1/t18-/m0/s1. The number of anilines is 1. The molecule has 2 N–H and O–H groups in total. The highest BCUT2D eigenvalue weighted by atomic mass is 16.5. The van der Waals surface area contributed by atoms with Gasteiger partial charge in [-0.05, 0) is 56.7 Å². The average molecular weight is 368 g/mol. The van der Waals surface area contributed by atoms with E-state index >= 15 is 0 Å². The van der Waals surface area contributed by atoms with Gasteiger partial charge in [-0.15, -0.1) is 0 Å². The van der Waals surface area contributed by atoms with E-state index in [1.54, 1.807) is 0 Å². The minimum Gasteiger partial charge on any atom is -0.492 e. The molecule has 3 rings (SSSR count). The van der Waals surface area contributed by atoms with E-state index < -0.39 is 0 Å². The quantitative estimate of drug-likeness (QED) is 0.790. The molecule has 2 aromatic rings. The number of amides is 1. The maximum atomic E-state index is 12.8. The Hall–Kier alpha value is -2.33. The highest BCUT2D eigenvalue weighted by Crippen LogP contribution is 2.23. The lowest BCUT2D eigenvalue weighted by Gasteiger charge is -2.32. The summed E-state index contributed by atoms with van der Waals surface area (Å²) >= 11 is 0. The molecule has 0 aliphatic carbocycles. The van der Waals surface area contributed by atoms with Crippen molar-refractivity contribution in [3.05, 3.63) is 60.2 Å². The topological polar surface area (TPSA) is 42.8 Å². The Bertz CT molecular complexity index is 724. The van der Waals surface area contributed by atoms with Crippen LogP contribution in [0.5, 0.6) is 5.75 Å². The predicted octanol–water partition coefficient (Wildman–Crippen LogP) is 2.95. The Morgan fingerprint density at radius 1 is 1.11 bits per heavy atom. The SMILES string of the molecule is CCOc1ccccc1NC(=O)[C@H](C)[NH+]1CCC(Cc2ccccc2)CC1. The Kier molecular flexibility index (Phi) is 6.88. The number of nitrogens with one attached hydrogen (secondary N) is 2. The van der Waals surface area contributed by atoms with Crippen molar-refractivity contribution in [2.24, 2.45) is 5.92 Å². The van der Waals surface area contributed by atoms with E-state index in [-0.39, 0.29) is 11.9 Å². The zero-order valence-corrected chi connectivity index (χ0v) is 16.4. The summed E-state index contributed by atoms with van der Waals surface area (Å²) in [5.41, 5.74) is 2.18. The van der Waals surface area contributed by atoms with Crippen molar-refractivity contribution in [1.82, 2.24) is 0 Å². The van der Waals surface area contributed by atoms with Crippen molar-refractivity contribution < 1.29 is 14.4 Å². The van der Waals surface area contributed by atoms with E-state index in [2.05, 4.69) is 35.6 Å². The van der Waals surface area contributed by atoms with Crippen LogP contribution in [0.1, 0.15) is 32.3 Å². The number of ether oxygens (including phenoxy) is 1. The van der Waals surface area contributed by atoms with Gasteiger partial charge in [0.05, 0.1) is 25.4 Å². The largest absolute Gasteiger partial charge is 0.492 e. The lowest BCUT2D eigenvalue weighted by Crippen LogP contribution is -3.17. The van der Waals surface area contributed by atoms with Crippen LogP contribution in [0.15, 0.2) is 54.6 Å². The third-order valence-electron chi connectivity index (χ3n) is 5.57. The Balaban J connectivity index is 1.51. The molecule has 1 heterocycles. The van der Waals surface area contributed by atoms with Gasteiger partial charge in [0, 0.05) is 0 Å². The number of quaternary nitrogens is 1. The summed E-state index contributed by atoms with van der Waals surface area (Å²) in [6.45, 7) is 6.68. The monoisotopic (exact) mass is 367 g/mol. The summed E-state index contributed by atoms with van der Waals surface area (Å²) in [4.78, 5) is 14.1. The number of hydrogen-bond donors (Lipinski definition) is 2. The molecule has 0 unspecified atom stereocenters. The number of rotatable bonds is 7. The molecule has 1 aliphatic heterocycles. The number of piperidine rings is 1. The first-order valence-electron chi connectivity index (χ1n) is 10.1. The normalized spacial score (nSPS) is 20.7. The maximum Gasteiger partial charge on any atom is 0.282 e. The van der Waals surface area contributed by atoms with Crippen LogP contribution in [0, 0.1) is 5.92 Å². The molecule has 4 heteroatoms. The first-order valence-corrected chi connectivity index (χ1v) is 10.1. The molecule has 2 aromatic carbocycles. The fourth-order valence-corrected chi connectivity index (χ4v) is 3.91. The second kappa shape index (κ2) is 9.56. The first-order chi connectivity index (χ1) is 13.2. The summed E-state index contributed by atoms with van der Waals surface area (Å²) < 4.78 is 5.61. The van der Waals surface area contributed by atoms with Gasteiger partial charge >= 0.3 is 0 Å². The van der Waals surface area contributed by atoms with E-state index in [0.717, 1.165) is 36.9 Å².